The SMILES string of the molecule is C=C(C)CN(C)C(=O)Nc1ccc(CCC(=O)O)cc1. The lowest BCUT2D eigenvalue weighted by Crippen LogP contribution is -2.32. The van der Waals surface area contributed by atoms with E-state index in [9.17, 15) is 9.59 Å². The summed E-state index contributed by atoms with van der Waals surface area (Å²) in [5.74, 6) is -0.816. The van der Waals surface area contributed by atoms with E-state index in [2.05, 4.69) is 11.9 Å². The summed E-state index contributed by atoms with van der Waals surface area (Å²) in [4.78, 5) is 23.9. The topological polar surface area (TPSA) is 69.6 Å². The van der Waals surface area contributed by atoms with Gasteiger partial charge in [-0.2, -0.15) is 0 Å². The van der Waals surface area contributed by atoms with Gasteiger partial charge in [-0.1, -0.05) is 24.3 Å². The van der Waals surface area contributed by atoms with Crippen molar-refractivity contribution in [3.05, 3.63) is 42.0 Å². The molecule has 0 aliphatic heterocycles. The third-order valence-corrected chi connectivity index (χ3v) is 2.69. The van der Waals surface area contributed by atoms with Crippen molar-refractivity contribution in [3.8, 4) is 0 Å². The Kier molecular flexibility index (Phi) is 5.77. The van der Waals surface area contributed by atoms with Crippen molar-refractivity contribution in [1.82, 2.24) is 4.90 Å². The van der Waals surface area contributed by atoms with Gasteiger partial charge in [0.25, 0.3) is 0 Å². The molecule has 0 bridgehead atoms. The zero-order valence-electron chi connectivity index (χ0n) is 11.8. The van der Waals surface area contributed by atoms with E-state index in [1.54, 1.807) is 24.1 Å². The van der Waals surface area contributed by atoms with Crippen molar-refractivity contribution in [2.75, 3.05) is 18.9 Å². The Balaban J connectivity index is 2.54. The first-order chi connectivity index (χ1) is 9.38. The number of hydrogen-bond acceptors (Lipinski definition) is 2. The number of aliphatic carboxylic acids is 1. The minimum atomic E-state index is -0.816. The molecular formula is C15H20N2O3. The predicted molar refractivity (Wildman–Crippen MR) is 78.9 cm³/mol. The average molecular weight is 276 g/mol. The van der Waals surface area contributed by atoms with Crippen LogP contribution >= 0.6 is 0 Å². The van der Waals surface area contributed by atoms with E-state index in [1.165, 1.54) is 0 Å². The number of carbonyl (C=O) groups excluding carboxylic acids is 1. The van der Waals surface area contributed by atoms with Gasteiger partial charge in [-0.05, 0) is 31.0 Å². The molecule has 0 unspecified atom stereocenters. The van der Waals surface area contributed by atoms with Crippen LogP contribution in [0.25, 0.3) is 0 Å². The van der Waals surface area contributed by atoms with E-state index in [0.29, 0.717) is 18.7 Å². The number of carboxylic acid groups (broad SMARTS) is 1. The van der Waals surface area contributed by atoms with Gasteiger partial charge < -0.3 is 15.3 Å². The third-order valence-electron chi connectivity index (χ3n) is 2.69. The lowest BCUT2D eigenvalue weighted by Gasteiger charge is -2.18. The second-order valence-corrected chi connectivity index (χ2v) is 4.83. The van der Waals surface area contributed by atoms with Gasteiger partial charge in [-0.15, -0.1) is 0 Å². The second kappa shape index (κ2) is 7.33. The van der Waals surface area contributed by atoms with Crippen molar-refractivity contribution in [3.63, 3.8) is 0 Å². The molecule has 0 aliphatic rings. The van der Waals surface area contributed by atoms with E-state index in [0.717, 1.165) is 11.1 Å². The highest BCUT2D eigenvalue weighted by atomic mass is 16.4. The number of carboxylic acids is 1. The van der Waals surface area contributed by atoms with E-state index >= 15 is 0 Å². The first-order valence-corrected chi connectivity index (χ1v) is 6.35. The number of nitrogens with zero attached hydrogens (tertiary/aromatic N) is 1. The molecule has 5 nitrogen and oxygen atoms in total. The molecule has 5 heteroatoms. The van der Waals surface area contributed by atoms with Crippen molar-refractivity contribution in [2.45, 2.75) is 19.8 Å². The molecule has 0 aromatic heterocycles. The maximum atomic E-state index is 11.8. The molecule has 20 heavy (non-hydrogen) atoms. The number of likely N-dealkylation sites (N-methyl/N-ethyl adjacent to an activating group) is 1. The predicted octanol–water partition coefficient (Wildman–Crippen LogP) is 2.74. The maximum Gasteiger partial charge on any atom is 0.321 e. The zero-order valence-corrected chi connectivity index (χ0v) is 11.8. The highest BCUT2D eigenvalue weighted by Crippen LogP contribution is 2.12. The highest BCUT2D eigenvalue weighted by molar-refractivity contribution is 5.89. The molecule has 108 valence electrons. The average Bonchev–Trinajstić information content (AvgIpc) is 2.37. The van der Waals surface area contributed by atoms with Crippen LogP contribution in [0.4, 0.5) is 10.5 Å². The Labute approximate surface area is 118 Å². The number of carbonyl (C=O) groups is 2. The molecule has 0 atom stereocenters. The molecule has 1 rings (SSSR count). The lowest BCUT2D eigenvalue weighted by atomic mass is 10.1. The van der Waals surface area contributed by atoms with E-state index < -0.39 is 5.97 Å². The van der Waals surface area contributed by atoms with E-state index in [-0.39, 0.29) is 12.5 Å². The number of rotatable bonds is 6. The van der Waals surface area contributed by atoms with Crippen LogP contribution in [0.2, 0.25) is 0 Å². The summed E-state index contributed by atoms with van der Waals surface area (Å²) >= 11 is 0. The van der Waals surface area contributed by atoms with E-state index in [1.807, 2.05) is 19.1 Å². The molecule has 0 saturated carbocycles. The molecule has 1 aromatic carbocycles. The summed E-state index contributed by atoms with van der Waals surface area (Å²) in [5, 5.41) is 11.4. The van der Waals surface area contributed by atoms with Crippen molar-refractivity contribution < 1.29 is 14.7 Å². The minimum absolute atomic E-state index is 0.104. The van der Waals surface area contributed by atoms with Crippen LogP contribution in [-0.4, -0.2) is 35.6 Å². The molecule has 0 aliphatic carbocycles. The fourth-order valence-corrected chi connectivity index (χ4v) is 1.70. The number of anilines is 1. The Morgan fingerprint density at radius 1 is 1.30 bits per heavy atom. The fraction of sp³-hybridized carbons (Fsp3) is 0.333. The number of aryl methyl sites for hydroxylation is 1. The maximum absolute atomic E-state index is 11.8. The van der Waals surface area contributed by atoms with Crippen LogP contribution in [0.3, 0.4) is 0 Å². The monoisotopic (exact) mass is 276 g/mol. The van der Waals surface area contributed by atoms with Gasteiger partial charge in [0.15, 0.2) is 0 Å². The van der Waals surface area contributed by atoms with Crippen molar-refractivity contribution >= 4 is 17.7 Å². The molecule has 0 heterocycles. The Morgan fingerprint density at radius 2 is 1.90 bits per heavy atom. The molecule has 2 N–H and O–H groups in total. The standard InChI is InChI=1S/C15H20N2O3/c1-11(2)10-17(3)15(20)16-13-7-4-12(5-8-13)6-9-14(18)19/h4-5,7-8H,1,6,9-10H2,2-3H3,(H,16,20)(H,18,19). The molecule has 1 aromatic rings. The van der Waals surface area contributed by atoms with Gasteiger partial charge in [0.05, 0.1) is 0 Å². The Bertz CT molecular complexity index is 494. The molecule has 0 fully saturated rings. The summed E-state index contributed by atoms with van der Waals surface area (Å²) < 4.78 is 0. The van der Waals surface area contributed by atoms with Gasteiger partial charge in [0.1, 0.15) is 0 Å². The van der Waals surface area contributed by atoms with Crippen molar-refractivity contribution in [2.24, 2.45) is 0 Å². The van der Waals surface area contributed by atoms with Crippen LogP contribution in [0.5, 0.6) is 0 Å². The Hall–Kier alpha value is -2.30. The van der Waals surface area contributed by atoms with Crippen LogP contribution in [0.1, 0.15) is 18.9 Å². The van der Waals surface area contributed by atoms with Gasteiger partial charge in [-0.25, -0.2) is 4.79 Å². The number of nitrogens with one attached hydrogen (secondary N) is 1. The fourth-order valence-electron chi connectivity index (χ4n) is 1.70. The molecule has 2 amide bonds. The zero-order chi connectivity index (χ0) is 15.1. The van der Waals surface area contributed by atoms with Gasteiger partial charge >= 0.3 is 12.0 Å². The molecule has 0 saturated heterocycles. The van der Waals surface area contributed by atoms with Gasteiger partial charge in [-0.3, -0.25) is 4.79 Å². The smallest absolute Gasteiger partial charge is 0.321 e. The number of urea groups is 1. The third kappa shape index (κ3) is 5.56. The summed E-state index contributed by atoms with van der Waals surface area (Å²) in [7, 11) is 1.70. The first kappa shape index (κ1) is 15.8. The van der Waals surface area contributed by atoms with Crippen LogP contribution in [-0.2, 0) is 11.2 Å². The summed E-state index contributed by atoms with van der Waals surface area (Å²) in [6, 6.07) is 6.97. The van der Waals surface area contributed by atoms with Gasteiger partial charge in [0.2, 0.25) is 0 Å². The molecule has 0 spiro atoms. The number of benzene rings is 1. The van der Waals surface area contributed by atoms with Crippen LogP contribution < -0.4 is 5.32 Å². The van der Waals surface area contributed by atoms with E-state index in [4.69, 9.17) is 5.11 Å². The van der Waals surface area contributed by atoms with Crippen molar-refractivity contribution in [1.29, 1.82) is 0 Å². The largest absolute Gasteiger partial charge is 0.481 e. The quantitative estimate of drug-likeness (QED) is 0.785. The minimum Gasteiger partial charge on any atom is -0.481 e. The highest BCUT2D eigenvalue weighted by Gasteiger charge is 2.08. The van der Waals surface area contributed by atoms with Gasteiger partial charge in [0, 0.05) is 25.7 Å². The number of amides is 2. The summed E-state index contributed by atoms with van der Waals surface area (Å²) in [6.07, 6.45) is 0.589. The second-order valence-electron chi connectivity index (χ2n) is 4.83. The summed E-state index contributed by atoms with van der Waals surface area (Å²) in [5.41, 5.74) is 2.52. The Morgan fingerprint density at radius 3 is 2.40 bits per heavy atom. The normalized spacial score (nSPS) is 9.90. The first-order valence-electron chi connectivity index (χ1n) is 6.35. The van der Waals surface area contributed by atoms with Crippen LogP contribution in [0, 0.1) is 0 Å². The number of hydrogen-bond donors (Lipinski definition) is 2. The molecular weight excluding hydrogens is 256 g/mol. The van der Waals surface area contributed by atoms with Crippen LogP contribution in [0.15, 0.2) is 36.4 Å². The lowest BCUT2D eigenvalue weighted by molar-refractivity contribution is -0.136. The summed E-state index contributed by atoms with van der Waals surface area (Å²) in [6.45, 7) is 6.13. The molecule has 0 radical (unpaired) electrons.